The van der Waals surface area contributed by atoms with Crippen molar-refractivity contribution in [3.05, 3.63) is 156 Å². The summed E-state index contributed by atoms with van der Waals surface area (Å²) >= 11 is 0. The molecule has 6 aromatic carbocycles. The van der Waals surface area contributed by atoms with Gasteiger partial charge in [-0.15, -0.1) is 0 Å². The maximum Gasteiger partial charge on any atom is 0.0617 e. The second-order valence-electron chi connectivity index (χ2n) is 11.8. The molecule has 3 N–H and O–H groups in total. The summed E-state index contributed by atoms with van der Waals surface area (Å²) in [4.78, 5) is 0. The van der Waals surface area contributed by atoms with E-state index >= 15 is 0 Å². The highest BCUT2D eigenvalue weighted by Crippen LogP contribution is 2.53. The highest BCUT2D eigenvalue weighted by Gasteiger charge is 2.37. The van der Waals surface area contributed by atoms with Gasteiger partial charge in [-0.25, -0.2) is 0 Å². The van der Waals surface area contributed by atoms with Crippen LogP contribution in [0, 0.1) is 6.92 Å². The Morgan fingerprint density at radius 2 is 1.35 bits per heavy atom. The molecular formula is C40H35N3. The Hall–Kier alpha value is -5.28. The van der Waals surface area contributed by atoms with Crippen molar-refractivity contribution < 1.29 is 0 Å². The van der Waals surface area contributed by atoms with Crippen molar-refractivity contribution in [3.8, 4) is 16.8 Å². The Balaban J connectivity index is 0.000000379. The van der Waals surface area contributed by atoms with Crippen LogP contribution in [0.3, 0.4) is 0 Å². The third kappa shape index (κ3) is 4.54. The van der Waals surface area contributed by atoms with Gasteiger partial charge in [0.25, 0.3) is 0 Å². The van der Waals surface area contributed by atoms with Gasteiger partial charge in [0.05, 0.1) is 22.4 Å². The standard InChI is InChI=1S/C33H27N3.C7H8/c1-33(2)25-14-5-3-12-23(25)31-26(33)18-19-30-32(31)24-13-4-8-17-29(24)36(30)22-11-9-10-21(20-22)35-28-16-7-6-15-27(28)34;1-7-5-3-2-4-6-7/h3-20,35H,34H2,1-2H3;2-6H,1H3. The van der Waals surface area contributed by atoms with Crippen LogP contribution in [0.4, 0.5) is 17.1 Å². The van der Waals surface area contributed by atoms with Crippen LogP contribution >= 0.6 is 0 Å². The minimum atomic E-state index is -0.0250. The van der Waals surface area contributed by atoms with Gasteiger partial charge in [0.15, 0.2) is 0 Å². The Bertz CT molecular complexity index is 2100. The summed E-state index contributed by atoms with van der Waals surface area (Å²) < 4.78 is 2.39. The smallest absolute Gasteiger partial charge is 0.0617 e. The zero-order valence-corrected chi connectivity index (χ0v) is 24.8. The predicted octanol–water partition coefficient (Wildman–Crippen LogP) is 10.4. The molecule has 0 saturated heterocycles. The van der Waals surface area contributed by atoms with Gasteiger partial charge in [-0.2, -0.15) is 0 Å². The molecule has 0 radical (unpaired) electrons. The van der Waals surface area contributed by atoms with Gasteiger partial charge in [0, 0.05) is 27.6 Å². The van der Waals surface area contributed by atoms with Crippen LogP contribution in [-0.2, 0) is 5.41 Å². The maximum atomic E-state index is 6.20. The van der Waals surface area contributed by atoms with Crippen molar-refractivity contribution in [2.75, 3.05) is 11.1 Å². The lowest BCUT2D eigenvalue weighted by molar-refractivity contribution is 0.661. The second-order valence-corrected chi connectivity index (χ2v) is 11.8. The molecule has 0 unspecified atom stereocenters. The maximum absolute atomic E-state index is 6.20. The summed E-state index contributed by atoms with van der Waals surface area (Å²) in [6, 6.07) is 49.0. The highest BCUT2D eigenvalue weighted by atomic mass is 15.0. The number of nitrogens with zero attached hydrogens (tertiary/aromatic N) is 1. The van der Waals surface area contributed by atoms with E-state index in [2.05, 4.69) is 128 Å². The third-order valence-electron chi connectivity index (χ3n) is 8.67. The normalized spacial score (nSPS) is 12.8. The summed E-state index contributed by atoms with van der Waals surface area (Å²) in [6.45, 7) is 6.76. The molecule has 0 aliphatic heterocycles. The number of hydrogen-bond donors (Lipinski definition) is 2. The summed E-state index contributed by atoms with van der Waals surface area (Å²) in [6.07, 6.45) is 0. The van der Waals surface area contributed by atoms with Gasteiger partial charge in [-0.3, -0.25) is 0 Å². The molecule has 3 nitrogen and oxygen atoms in total. The van der Waals surface area contributed by atoms with E-state index in [4.69, 9.17) is 5.73 Å². The van der Waals surface area contributed by atoms with Crippen LogP contribution in [0.15, 0.2) is 140 Å². The van der Waals surface area contributed by atoms with E-state index in [9.17, 15) is 0 Å². The Morgan fingerprint density at radius 1 is 0.628 bits per heavy atom. The van der Waals surface area contributed by atoms with Crippen LogP contribution in [0.25, 0.3) is 38.6 Å². The van der Waals surface area contributed by atoms with Gasteiger partial charge < -0.3 is 15.6 Å². The van der Waals surface area contributed by atoms with Crippen molar-refractivity contribution in [3.63, 3.8) is 0 Å². The lowest BCUT2D eigenvalue weighted by Gasteiger charge is -2.21. The quantitative estimate of drug-likeness (QED) is 0.212. The summed E-state index contributed by atoms with van der Waals surface area (Å²) in [5.74, 6) is 0. The van der Waals surface area contributed by atoms with Crippen LogP contribution in [0.1, 0.15) is 30.5 Å². The molecule has 43 heavy (non-hydrogen) atoms. The average molecular weight is 558 g/mol. The number of anilines is 3. The Kier molecular flexibility index (Phi) is 6.51. The zero-order chi connectivity index (χ0) is 29.6. The third-order valence-corrected chi connectivity index (χ3v) is 8.67. The van der Waals surface area contributed by atoms with Crippen molar-refractivity contribution in [1.29, 1.82) is 0 Å². The molecule has 3 heteroatoms. The molecule has 8 rings (SSSR count). The van der Waals surface area contributed by atoms with E-state index in [1.54, 1.807) is 0 Å². The van der Waals surface area contributed by atoms with Crippen molar-refractivity contribution in [1.82, 2.24) is 4.57 Å². The monoisotopic (exact) mass is 557 g/mol. The highest BCUT2D eigenvalue weighted by molar-refractivity contribution is 6.17. The lowest BCUT2D eigenvalue weighted by Crippen LogP contribution is -2.14. The molecule has 0 spiro atoms. The van der Waals surface area contributed by atoms with E-state index in [0.717, 1.165) is 22.7 Å². The fraction of sp³-hybridized carbons (Fsp3) is 0.100. The van der Waals surface area contributed by atoms with Crippen LogP contribution in [-0.4, -0.2) is 4.57 Å². The number of rotatable bonds is 3. The minimum absolute atomic E-state index is 0.0250. The number of nitrogen functional groups attached to an aromatic ring is 1. The van der Waals surface area contributed by atoms with Gasteiger partial charge in [0.2, 0.25) is 0 Å². The van der Waals surface area contributed by atoms with Crippen LogP contribution in [0.2, 0.25) is 0 Å². The summed E-state index contributed by atoms with van der Waals surface area (Å²) in [7, 11) is 0. The van der Waals surface area contributed by atoms with E-state index in [1.807, 2.05) is 42.5 Å². The Morgan fingerprint density at radius 3 is 2.14 bits per heavy atom. The first-order chi connectivity index (χ1) is 20.9. The first-order valence-corrected chi connectivity index (χ1v) is 14.8. The van der Waals surface area contributed by atoms with Crippen LogP contribution < -0.4 is 11.1 Å². The average Bonchev–Trinajstić information content (AvgIpc) is 3.48. The molecule has 0 amide bonds. The number of para-hydroxylation sites is 3. The second kappa shape index (κ2) is 10.5. The summed E-state index contributed by atoms with van der Waals surface area (Å²) in [5, 5.41) is 6.10. The fourth-order valence-electron chi connectivity index (χ4n) is 6.55. The largest absolute Gasteiger partial charge is 0.397 e. The minimum Gasteiger partial charge on any atom is -0.397 e. The SMILES string of the molecule is CC1(C)c2ccccc2-c2c1ccc1c2c2ccccc2n1-c1cccc(Nc2ccccc2N)c1.Cc1ccccc1. The number of aryl methyl sites for hydroxylation is 1. The number of hydrogen-bond acceptors (Lipinski definition) is 2. The first kappa shape index (κ1) is 26.6. The molecule has 0 fully saturated rings. The fourth-order valence-corrected chi connectivity index (χ4v) is 6.55. The number of nitrogens with one attached hydrogen (secondary N) is 1. The lowest BCUT2D eigenvalue weighted by atomic mass is 9.82. The molecule has 1 aliphatic rings. The molecule has 0 bridgehead atoms. The first-order valence-electron chi connectivity index (χ1n) is 14.8. The molecule has 1 heterocycles. The van der Waals surface area contributed by atoms with Crippen molar-refractivity contribution in [2.24, 2.45) is 0 Å². The topological polar surface area (TPSA) is 43.0 Å². The molecule has 1 aliphatic carbocycles. The molecule has 210 valence electrons. The van der Waals surface area contributed by atoms with E-state index in [1.165, 1.54) is 49.6 Å². The van der Waals surface area contributed by atoms with E-state index < -0.39 is 0 Å². The van der Waals surface area contributed by atoms with Gasteiger partial charge in [0.1, 0.15) is 0 Å². The number of benzene rings is 6. The molecular weight excluding hydrogens is 522 g/mol. The van der Waals surface area contributed by atoms with Gasteiger partial charge in [-0.05, 0) is 71.6 Å². The molecule has 0 atom stereocenters. The van der Waals surface area contributed by atoms with E-state index in [-0.39, 0.29) is 5.41 Å². The van der Waals surface area contributed by atoms with Crippen molar-refractivity contribution >= 4 is 38.9 Å². The summed E-state index contributed by atoms with van der Waals surface area (Å²) in [5.41, 5.74) is 19.2. The van der Waals surface area contributed by atoms with E-state index in [0.29, 0.717) is 0 Å². The molecule has 0 saturated carbocycles. The Labute approximate surface area is 253 Å². The van der Waals surface area contributed by atoms with Gasteiger partial charge >= 0.3 is 0 Å². The molecule has 1 aromatic heterocycles. The van der Waals surface area contributed by atoms with Crippen LogP contribution in [0.5, 0.6) is 0 Å². The number of nitrogens with two attached hydrogens (primary N) is 1. The number of aromatic nitrogens is 1. The van der Waals surface area contributed by atoms with Gasteiger partial charge in [-0.1, -0.05) is 116 Å². The number of fused-ring (bicyclic) bond motifs is 7. The molecule has 7 aromatic rings. The predicted molar refractivity (Wildman–Crippen MR) is 184 cm³/mol. The zero-order valence-electron chi connectivity index (χ0n) is 24.8. The van der Waals surface area contributed by atoms with Crippen molar-refractivity contribution in [2.45, 2.75) is 26.2 Å².